The summed E-state index contributed by atoms with van der Waals surface area (Å²) in [6, 6.07) is 6.15. The molecule has 1 fully saturated rings. The van der Waals surface area contributed by atoms with Gasteiger partial charge < -0.3 is 19.9 Å². The van der Waals surface area contributed by atoms with Gasteiger partial charge in [0.2, 0.25) is 0 Å². The van der Waals surface area contributed by atoms with E-state index in [1.165, 1.54) is 5.56 Å². The van der Waals surface area contributed by atoms with Crippen molar-refractivity contribution in [1.29, 1.82) is 0 Å². The zero-order valence-electron chi connectivity index (χ0n) is 12.4. The van der Waals surface area contributed by atoms with Gasteiger partial charge in [-0.3, -0.25) is 0 Å². The maximum Gasteiger partial charge on any atom is 0.161 e. The van der Waals surface area contributed by atoms with Crippen LogP contribution in [0.25, 0.3) is 0 Å². The molecule has 2 N–H and O–H groups in total. The Morgan fingerprint density at radius 3 is 2.65 bits per heavy atom. The molecule has 1 aromatic carbocycles. The molecular weight excluding hydrogens is 254 g/mol. The topological polar surface area (TPSA) is 50.7 Å². The van der Waals surface area contributed by atoms with E-state index in [2.05, 4.69) is 17.4 Å². The number of rotatable bonds is 5. The fourth-order valence-corrected chi connectivity index (χ4v) is 3.19. The molecule has 0 aliphatic carbocycles. The van der Waals surface area contributed by atoms with Crippen molar-refractivity contribution < 1.29 is 14.6 Å². The van der Waals surface area contributed by atoms with Crippen molar-refractivity contribution in [3.05, 3.63) is 23.8 Å². The molecule has 1 aromatic rings. The molecule has 0 aromatic heterocycles. The lowest BCUT2D eigenvalue weighted by atomic mass is 9.72. The van der Waals surface area contributed by atoms with E-state index in [1.807, 2.05) is 6.07 Å². The lowest BCUT2D eigenvalue weighted by Crippen LogP contribution is -2.29. The molecule has 1 aliphatic rings. The molecule has 0 amide bonds. The predicted octanol–water partition coefficient (Wildman–Crippen LogP) is 2.10. The molecule has 0 radical (unpaired) electrons. The number of aliphatic hydroxyl groups excluding tert-OH is 1. The third-order valence-corrected chi connectivity index (χ3v) is 4.38. The number of ether oxygens (including phenoxy) is 2. The van der Waals surface area contributed by atoms with Crippen molar-refractivity contribution in [3.8, 4) is 11.5 Å². The van der Waals surface area contributed by atoms with Gasteiger partial charge in [-0.2, -0.15) is 0 Å². The molecule has 2 rings (SSSR count). The van der Waals surface area contributed by atoms with Gasteiger partial charge in [0, 0.05) is 6.61 Å². The van der Waals surface area contributed by atoms with Crippen molar-refractivity contribution in [2.75, 3.05) is 33.9 Å². The van der Waals surface area contributed by atoms with Crippen LogP contribution in [0.5, 0.6) is 11.5 Å². The summed E-state index contributed by atoms with van der Waals surface area (Å²) in [5.74, 6) is 1.52. The Balaban J connectivity index is 2.37. The number of aliphatic hydroxyl groups is 1. The van der Waals surface area contributed by atoms with Crippen LogP contribution in [-0.4, -0.2) is 39.0 Å². The molecular formula is C16H25NO3. The van der Waals surface area contributed by atoms with E-state index in [0.717, 1.165) is 50.3 Å². The van der Waals surface area contributed by atoms with Crippen molar-refractivity contribution in [2.45, 2.75) is 31.1 Å². The Kier molecular flexibility index (Phi) is 5.26. The highest BCUT2D eigenvalue weighted by atomic mass is 16.5. The van der Waals surface area contributed by atoms with Gasteiger partial charge >= 0.3 is 0 Å². The van der Waals surface area contributed by atoms with Crippen LogP contribution >= 0.6 is 0 Å². The van der Waals surface area contributed by atoms with Crippen LogP contribution in [0.4, 0.5) is 0 Å². The third kappa shape index (κ3) is 3.07. The summed E-state index contributed by atoms with van der Waals surface area (Å²) in [4.78, 5) is 0. The normalized spacial score (nSPS) is 23.1. The number of nitrogens with one attached hydrogen (secondary N) is 1. The Morgan fingerprint density at radius 1 is 1.15 bits per heavy atom. The fourth-order valence-electron chi connectivity index (χ4n) is 3.19. The fraction of sp³-hybridized carbons (Fsp3) is 0.625. The van der Waals surface area contributed by atoms with Crippen LogP contribution in [0, 0.1) is 0 Å². The van der Waals surface area contributed by atoms with Gasteiger partial charge in [0.15, 0.2) is 11.5 Å². The standard InChI is InChI=1S/C16H25NO3/c1-19-14-5-4-13(12-15(14)20-2)16(8-11-18)6-3-9-17-10-7-16/h4-5,12,17-18H,3,6-11H2,1-2H3. The van der Waals surface area contributed by atoms with Crippen molar-refractivity contribution >= 4 is 0 Å². The number of benzene rings is 1. The largest absolute Gasteiger partial charge is 0.493 e. The summed E-state index contributed by atoms with van der Waals surface area (Å²) >= 11 is 0. The van der Waals surface area contributed by atoms with Gasteiger partial charge in [-0.15, -0.1) is 0 Å². The SMILES string of the molecule is COc1ccc(C2(CCO)CCCNCC2)cc1OC. The first-order valence-electron chi connectivity index (χ1n) is 7.30. The molecule has 1 atom stereocenters. The number of hydrogen-bond donors (Lipinski definition) is 2. The smallest absolute Gasteiger partial charge is 0.161 e. The number of hydrogen-bond acceptors (Lipinski definition) is 4. The first kappa shape index (κ1) is 15.1. The highest BCUT2D eigenvalue weighted by Gasteiger charge is 2.33. The minimum atomic E-state index is 0.0395. The lowest BCUT2D eigenvalue weighted by Gasteiger charge is -2.33. The molecule has 20 heavy (non-hydrogen) atoms. The van der Waals surface area contributed by atoms with E-state index < -0.39 is 0 Å². The molecule has 4 nitrogen and oxygen atoms in total. The van der Waals surface area contributed by atoms with Crippen LogP contribution in [0.3, 0.4) is 0 Å². The average Bonchev–Trinajstić information content (AvgIpc) is 2.73. The van der Waals surface area contributed by atoms with Crippen molar-refractivity contribution in [2.24, 2.45) is 0 Å². The van der Waals surface area contributed by atoms with Gasteiger partial charge in [0.25, 0.3) is 0 Å². The third-order valence-electron chi connectivity index (χ3n) is 4.38. The van der Waals surface area contributed by atoms with Gasteiger partial charge in [0.1, 0.15) is 0 Å². The first-order valence-corrected chi connectivity index (χ1v) is 7.30. The highest BCUT2D eigenvalue weighted by molar-refractivity contribution is 5.45. The molecule has 0 saturated carbocycles. The van der Waals surface area contributed by atoms with Crippen LogP contribution in [-0.2, 0) is 5.41 Å². The van der Waals surface area contributed by atoms with E-state index in [1.54, 1.807) is 14.2 Å². The Hall–Kier alpha value is -1.26. The Bertz CT molecular complexity index is 426. The second kappa shape index (κ2) is 6.95. The average molecular weight is 279 g/mol. The van der Waals surface area contributed by atoms with Gasteiger partial charge in [-0.1, -0.05) is 6.07 Å². The minimum absolute atomic E-state index is 0.0395. The van der Waals surface area contributed by atoms with E-state index >= 15 is 0 Å². The molecule has 4 heteroatoms. The van der Waals surface area contributed by atoms with Crippen LogP contribution in [0.2, 0.25) is 0 Å². The van der Waals surface area contributed by atoms with Crippen molar-refractivity contribution in [3.63, 3.8) is 0 Å². The van der Waals surface area contributed by atoms with E-state index in [4.69, 9.17) is 9.47 Å². The highest BCUT2D eigenvalue weighted by Crippen LogP contribution is 2.40. The van der Waals surface area contributed by atoms with E-state index in [-0.39, 0.29) is 12.0 Å². The monoisotopic (exact) mass is 279 g/mol. The van der Waals surface area contributed by atoms with Gasteiger partial charge in [-0.05, 0) is 61.9 Å². The maximum atomic E-state index is 9.49. The number of methoxy groups -OCH3 is 2. The minimum Gasteiger partial charge on any atom is -0.493 e. The predicted molar refractivity (Wildman–Crippen MR) is 79.6 cm³/mol. The zero-order valence-corrected chi connectivity index (χ0v) is 12.4. The maximum absolute atomic E-state index is 9.49. The summed E-state index contributed by atoms with van der Waals surface area (Å²) in [5.41, 5.74) is 1.28. The van der Waals surface area contributed by atoms with Gasteiger partial charge in [0.05, 0.1) is 14.2 Å². The quantitative estimate of drug-likeness (QED) is 0.866. The molecule has 0 bridgehead atoms. The zero-order chi connectivity index (χ0) is 14.4. The second-order valence-corrected chi connectivity index (χ2v) is 5.43. The second-order valence-electron chi connectivity index (χ2n) is 5.43. The summed E-state index contributed by atoms with van der Waals surface area (Å²) in [6.45, 7) is 2.27. The van der Waals surface area contributed by atoms with Crippen LogP contribution < -0.4 is 14.8 Å². The van der Waals surface area contributed by atoms with Gasteiger partial charge in [-0.25, -0.2) is 0 Å². The van der Waals surface area contributed by atoms with Crippen LogP contribution in [0.15, 0.2) is 18.2 Å². The first-order chi connectivity index (χ1) is 9.75. The molecule has 0 spiro atoms. The molecule has 1 heterocycles. The summed E-state index contributed by atoms with van der Waals surface area (Å²) < 4.78 is 10.7. The molecule has 1 saturated heterocycles. The molecule has 1 unspecified atom stereocenters. The Labute approximate surface area is 121 Å². The summed E-state index contributed by atoms with van der Waals surface area (Å²) in [7, 11) is 3.31. The van der Waals surface area contributed by atoms with E-state index in [0.29, 0.717) is 0 Å². The summed E-state index contributed by atoms with van der Waals surface area (Å²) in [6.07, 6.45) is 4.07. The molecule has 112 valence electrons. The Morgan fingerprint density at radius 2 is 1.95 bits per heavy atom. The van der Waals surface area contributed by atoms with Crippen LogP contribution in [0.1, 0.15) is 31.2 Å². The summed E-state index contributed by atoms with van der Waals surface area (Å²) in [5, 5.41) is 12.9. The lowest BCUT2D eigenvalue weighted by molar-refractivity contribution is 0.223. The van der Waals surface area contributed by atoms with E-state index in [9.17, 15) is 5.11 Å². The van der Waals surface area contributed by atoms with Crippen molar-refractivity contribution in [1.82, 2.24) is 5.32 Å². The molecule has 1 aliphatic heterocycles.